The van der Waals surface area contributed by atoms with Gasteiger partial charge in [-0.05, 0) is 18.1 Å². The van der Waals surface area contributed by atoms with Crippen molar-refractivity contribution < 1.29 is 9.00 Å². The number of anilines is 1. The van der Waals surface area contributed by atoms with Crippen LogP contribution in [-0.4, -0.2) is 33.2 Å². The summed E-state index contributed by atoms with van der Waals surface area (Å²) in [4.78, 5) is 16.1. The Labute approximate surface area is 116 Å². The molecule has 0 aromatic carbocycles. The van der Waals surface area contributed by atoms with Crippen LogP contribution >= 0.6 is 0 Å². The van der Waals surface area contributed by atoms with Gasteiger partial charge in [0, 0.05) is 40.1 Å². The standard InChI is InChI=1S/C13H21N3O2S/c1-4-19(18)6-5-15-13(17)10-7-11(9(2)3)16-12(14)8-10/h7-9H,4-6H2,1-3H3,(H2,14,16)(H,15,17). The van der Waals surface area contributed by atoms with E-state index in [1.165, 1.54) is 0 Å². The van der Waals surface area contributed by atoms with Gasteiger partial charge < -0.3 is 11.1 Å². The molecule has 1 amide bonds. The molecule has 0 spiro atoms. The van der Waals surface area contributed by atoms with E-state index in [0.717, 1.165) is 5.69 Å². The van der Waals surface area contributed by atoms with Crippen LogP contribution in [0.5, 0.6) is 0 Å². The van der Waals surface area contributed by atoms with Crippen LogP contribution in [0.1, 0.15) is 42.7 Å². The van der Waals surface area contributed by atoms with Crippen molar-refractivity contribution in [1.29, 1.82) is 0 Å². The lowest BCUT2D eigenvalue weighted by atomic mass is 10.1. The lowest BCUT2D eigenvalue weighted by molar-refractivity contribution is 0.0956. The Morgan fingerprint density at radius 3 is 2.74 bits per heavy atom. The summed E-state index contributed by atoms with van der Waals surface area (Å²) in [5, 5.41) is 2.74. The van der Waals surface area contributed by atoms with Crippen molar-refractivity contribution in [2.75, 3.05) is 23.8 Å². The molecule has 1 unspecified atom stereocenters. The molecule has 6 heteroatoms. The highest BCUT2D eigenvalue weighted by atomic mass is 32.2. The first kappa shape index (κ1) is 15.6. The number of nitrogens with one attached hydrogen (secondary N) is 1. The topological polar surface area (TPSA) is 85.1 Å². The van der Waals surface area contributed by atoms with Crippen LogP contribution in [0.15, 0.2) is 12.1 Å². The fourth-order valence-electron chi connectivity index (χ4n) is 1.53. The first-order valence-corrected chi connectivity index (χ1v) is 7.83. The second-order valence-corrected chi connectivity index (χ2v) is 6.41. The van der Waals surface area contributed by atoms with E-state index in [1.807, 2.05) is 20.8 Å². The number of pyridine rings is 1. The average molecular weight is 283 g/mol. The predicted octanol–water partition coefficient (Wildman–Crippen LogP) is 1.29. The maximum atomic E-state index is 11.9. The molecule has 0 fully saturated rings. The van der Waals surface area contributed by atoms with Crippen LogP contribution < -0.4 is 11.1 Å². The SMILES string of the molecule is CCS(=O)CCNC(=O)c1cc(N)nc(C(C)C)c1. The summed E-state index contributed by atoms with van der Waals surface area (Å²) < 4.78 is 11.3. The Hall–Kier alpha value is -1.43. The number of nitrogen functional groups attached to an aromatic ring is 1. The normalized spacial score (nSPS) is 12.4. The molecule has 1 atom stereocenters. The van der Waals surface area contributed by atoms with Gasteiger partial charge >= 0.3 is 0 Å². The average Bonchev–Trinajstić information content (AvgIpc) is 2.37. The number of carbonyl (C=O) groups is 1. The van der Waals surface area contributed by atoms with E-state index in [0.29, 0.717) is 29.4 Å². The third-order valence-electron chi connectivity index (χ3n) is 2.66. The van der Waals surface area contributed by atoms with Crippen molar-refractivity contribution in [2.24, 2.45) is 0 Å². The second kappa shape index (κ2) is 7.23. The molecule has 5 nitrogen and oxygen atoms in total. The van der Waals surface area contributed by atoms with Crippen molar-refractivity contribution in [3.05, 3.63) is 23.4 Å². The molecule has 0 saturated heterocycles. The molecule has 0 aliphatic rings. The van der Waals surface area contributed by atoms with Crippen LogP contribution in [0.2, 0.25) is 0 Å². The number of nitrogens with two attached hydrogens (primary N) is 1. The molecule has 1 aromatic heterocycles. The second-order valence-electron chi connectivity index (χ2n) is 4.55. The van der Waals surface area contributed by atoms with E-state index in [1.54, 1.807) is 12.1 Å². The number of hydrogen-bond donors (Lipinski definition) is 2. The molecular formula is C13H21N3O2S. The molecule has 0 radical (unpaired) electrons. The van der Waals surface area contributed by atoms with E-state index in [2.05, 4.69) is 10.3 Å². The van der Waals surface area contributed by atoms with Crippen molar-refractivity contribution in [1.82, 2.24) is 10.3 Å². The Morgan fingerprint density at radius 1 is 1.47 bits per heavy atom. The van der Waals surface area contributed by atoms with Crippen molar-refractivity contribution in [3.8, 4) is 0 Å². The van der Waals surface area contributed by atoms with Crippen LogP contribution in [0.4, 0.5) is 5.82 Å². The van der Waals surface area contributed by atoms with Crippen LogP contribution in [0.3, 0.4) is 0 Å². The van der Waals surface area contributed by atoms with Gasteiger partial charge in [-0.25, -0.2) is 4.98 Å². The van der Waals surface area contributed by atoms with Gasteiger partial charge in [0.15, 0.2) is 0 Å². The third kappa shape index (κ3) is 4.98. The van der Waals surface area contributed by atoms with Gasteiger partial charge in [-0.1, -0.05) is 20.8 Å². The summed E-state index contributed by atoms with van der Waals surface area (Å²) in [7, 11) is -0.868. The summed E-state index contributed by atoms with van der Waals surface area (Å²) in [6, 6.07) is 3.30. The van der Waals surface area contributed by atoms with Gasteiger partial charge in [-0.3, -0.25) is 9.00 Å². The molecule has 0 aliphatic carbocycles. The van der Waals surface area contributed by atoms with Crippen LogP contribution in [0.25, 0.3) is 0 Å². The summed E-state index contributed by atoms with van der Waals surface area (Å²) in [5.41, 5.74) is 6.99. The Kier molecular flexibility index (Phi) is 5.95. The molecule has 0 saturated carbocycles. The summed E-state index contributed by atoms with van der Waals surface area (Å²) >= 11 is 0. The molecule has 106 valence electrons. The highest BCUT2D eigenvalue weighted by Gasteiger charge is 2.10. The Balaban J connectivity index is 2.69. The van der Waals surface area contributed by atoms with Gasteiger partial charge in [-0.15, -0.1) is 0 Å². The summed E-state index contributed by atoms with van der Waals surface area (Å²) in [6.45, 7) is 6.25. The van der Waals surface area contributed by atoms with E-state index < -0.39 is 10.8 Å². The lowest BCUT2D eigenvalue weighted by Gasteiger charge is -2.09. The minimum Gasteiger partial charge on any atom is -0.384 e. The lowest BCUT2D eigenvalue weighted by Crippen LogP contribution is -2.28. The summed E-state index contributed by atoms with van der Waals surface area (Å²) in [5.74, 6) is 1.43. The van der Waals surface area contributed by atoms with Crippen molar-refractivity contribution in [2.45, 2.75) is 26.7 Å². The van der Waals surface area contributed by atoms with Crippen molar-refractivity contribution in [3.63, 3.8) is 0 Å². The largest absolute Gasteiger partial charge is 0.384 e. The number of aromatic nitrogens is 1. The number of rotatable bonds is 6. The maximum Gasteiger partial charge on any atom is 0.251 e. The highest BCUT2D eigenvalue weighted by molar-refractivity contribution is 7.84. The minimum absolute atomic E-state index is 0.205. The fourth-order valence-corrected chi connectivity index (χ4v) is 2.14. The Bertz CT molecular complexity index is 475. The number of carbonyl (C=O) groups excluding carboxylic acids is 1. The zero-order valence-electron chi connectivity index (χ0n) is 11.6. The van der Waals surface area contributed by atoms with E-state index in [9.17, 15) is 9.00 Å². The molecule has 3 N–H and O–H groups in total. The maximum absolute atomic E-state index is 11.9. The van der Waals surface area contributed by atoms with Gasteiger partial charge in [0.05, 0.1) is 0 Å². The van der Waals surface area contributed by atoms with Crippen LogP contribution in [-0.2, 0) is 10.8 Å². The monoisotopic (exact) mass is 283 g/mol. The van der Waals surface area contributed by atoms with Gasteiger partial charge in [0.1, 0.15) is 5.82 Å². The molecule has 0 bridgehead atoms. The third-order valence-corrected chi connectivity index (χ3v) is 3.96. The Morgan fingerprint density at radius 2 is 2.16 bits per heavy atom. The van der Waals surface area contributed by atoms with Crippen LogP contribution in [0, 0.1) is 0 Å². The number of amides is 1. The van der Waals surface area contributed by atoms with Gasteiger partial charge in [-0.2, -0.15) is 0 Å². The van der Waals surface area contributed by atoms with E-state index in [4.69, 9.17) is 5.73 Å². The highest BCUT2D eigenvalue weighted by Crippen LogP contribution is 2.15. The first-order valence-electron chi connectivity index (χ1n) is 6.34. The van der Waals surface area contributed by atoms with Crippen molar-refractivity contribution >= 4 is 22.5 Å². The summed E-state index contributed by atoms with van der Waals surface area (Å²) in [6.07, 6.45) is 0. The first-order chi connectivity index (χ1) is 8.93. The molecular weight excluding hydrogens is 262 g/mol. The quantitative estimate of drug-likeness (QED) is 0.823. The molecule has 1 rings (SSSR count). The van der Waals surface area contributed by atoms with E-state index >= 15 is 0 Å². The number of nitrogens with zero attached hydrogens (tertiary/aromatic N) is 1. The minimum atomic E-state index is -0.868. The molecule has 19 heavy (non-hydrogen) atoms. The number of hydrogen-bond acceptors (Lipinski definition) is 4. The van der Waals surface area contributed by atoms with Gasteiger partial charge in [0.25, 0.3) is 5.91 Å². The molecule has 1 heterocycles. The fraction of sp³-hybridized carbons (Fsp3) is 0.538. The predicted molar refractivity (Wildman–Crippen MR) is 78.6 cm³/mol. The van der Waals surface area contributed by atoms with E-state index in [-0.39, 0.29) is 11.8 Å². The zero-order chi connectivity index (χ0) is 14.4. The van der Waals surface area contributed by atoms with Gasteiger partial charge in [0.2, 0.25) is 0 Å². The molecule has 0 aliphatic heterocycles. The zero-order valence-corrected chi connectivity index (χ0v) is 12.4. The smallest absolute Gasteiger partial charge is 0.251 e. The molecule has 1 aromatic rings.